The first-order valence-electron chi connectivity index (χ1n) is 9.41. The molecule has 0 unspecified atom stereocenters. The highest BCUT2D eigenvalue weighted by molar-refractivity contribution is 7.12. The van der Waals surface area contributed by atoms with Crippen LogP contribution in [0.3, 0.4) is 0 Å². The molecule has 3 amide bonds. The van der Waals surface area contributed by atoms with E-state index in [2.05, 4.69) is 10.6 Å². The zero-order valence-corrected chi connectivity index (χ0v) is 17.0. The van der Waals surface area contributed by atoms with Gasteiger partial charge in [-0.15, -0.1) is 11.3 Å². The van der Waals surface area contributed by atoms with Crippen LogP contribution < -0.4 is 10.6 Å². The van der Waals surface area contributed by atoms with Gasteiger partial charge in [0.15, 0.2) is 0 Å². The van der Waals surface area contributed by atoms with E-state index >= 15 is 0 Å². The van der Waals surface area contributed by atoms with Crippen LogP contribution in [0.1, 0.15) is 36.4 Å². The van der Waals surface area contributed by atoms with E-state index in [1.165, 1.54) is 16.2 Å². The van der Waals surface area contributed by atoms with Gasteiger partial charge in [-0.3, -0.25) is 4.79 Å². The maximum absolute atomic E-state index is 12.7. The topological polar surface area (TPSA) is 114 Å². The number of carbonyl (C=O) groups is 4. The standard InChI is InChI=1S/C19H23N3O6S/c1-3-27-18(25)15-11(2)20-19(26)21-12(15)10-28-17(24)13-6-4-8-22(13)16(23)14-7-5-9-29-14/h5,7,9,11,13H,3-4,6,8,10H2,1-2H3,(H2,20,21,26)/t11-,13-/m0/s1. The monoisotopic (exact) mass is 421 g/mol. The number of ether oxygens (including phenoxy) is 2. The summed E-state index contributed by atoms with van der Waals surface area (Å²) in [5.74, 6) is -1.35. The normalized spacial score (nSPS) is 21.4. The second-order valence-corrected chi connectivity index (χ2v) is 7.62. The molecule has 3 rings (SSSR count). The molecule has 0 spiro atoms. The molecule has 1 aromatic rings. The molecule has 0 radical (unpaired) electrons. The number of urea groups is 1. The minimum atomic E-state index is -0.689. The van der Waals surface area contributed by atoms with Gasteiger partial charge in [-0.25, -0.2) is 14.4 Å². The fraction of sp³-hybridized carbons (Fsp3) is 0.474. The quantitative estimate of drug-likeness (QED) is 0.672. The van der Waals surface area contributed by atoms with Crippen molar-refractivity contribution in [3.8, 4) is 0 Å². The van der Waals surface area contributed by atoms with Crippen molar-refractivity contribution >= 4 is 35.2 Å². The maximum atomic E-state index is 12.7. The molecule has 2 aliphatic heterocycles. The fourth-order valence-electron chi connectivity index (χ4n) is 3.43. The van der Waals surface area contributed by atoms with Gasteiger partial charge in [0.05, 0.1) is 28.8 Å². The first-order chi connectivity index (χ1) is 13.9. The molecule has 2 N–H and O–H groups in total. The number of amides is 3. The number of rotatable bonds is 6. The number of hydrogen-bond donors (Lipinski definition) is 2. The van der Waals surface area contributed by atoms with Gasteiger partial charge in [-0.2, -0.15) is 0 Å². The molecule has 0 aromatic carbocycles. The molecule has 1 saturated heterocycles. The van der Waals surface area contributed by atoms with Crippen LogP contribution in [-0.2, 0) is 19.1 Å². The minimum Gasteiger partial charge on any atom is -0.463 e. The number of nitrogens with one attached hydrogen (secondary N) is 2. The van der Waals surface area contributed by atoms with Gasteiger partial charge in [0.25, 0.3) is 5.91 Å². The Kier molecular flexibility index (Phi) is 6.53. The van der Waals surface area contributed by atoms with Crippen LogP contribution in [0, 0.1) is 0 Å². The Balaban J connectivity index is 1.70. The maximum Gasteiger partial charge on any atom is 0.338 e. The van der Waals surface area contributed by atoms with E-state index in [4.69, 9.17) is 9.47 Å². The lowest BCUT2D eigenvalue weighted by Gasteiger charge is -2.27. The van der Waals surface area contributed by atoms with E-state index in [1.807, 2.05) is 0 Å². The van der Waals surface area contributed by atoms with Crippen molar-refractivity contribution in [1.29, 1.82) is 0 Å². The zero-order valence-electron chi connectivity index (χ0n) is 16.2. The molecule has 29 heavy (non-hydrogen) atoms. The van der Waals surface area contributed by atoms with Crippen LogP contribution >= 0.6 is 11.3 Å². The summed E-state index contributed by atoms with van der Waals surface area (Å²) in [6, 6.07) is 1.74. The third kappa shape index (κ3) is 4.58. The summed E-state index contributed by atoms with van der Waals surface area (Å²) in [5.41, 5.74) is 0.388. The third-order valence-corrected chi connectivity index (χ3v) is 5.60. The Bertz CT molecular complexity index is 835. The molecule has 2 atom stereocenters. The highest BCUT2D eigenvalue weighted by Crippen LogP contribution is 2.23. The smallest absolute Gasteiger partial charge is 0.338 e. The molecule has 10 heteroatoms. The Morgan fingerprint density at radius 2 is 2.10 bits per heavy atom. The molecule has 1 aromatic heterocycles. The summed E-state index contributed by atoms with van der Waals surface area (Å²) >= 11 is 1.32. The van der Waals surface area contributed by atoms with E-state index in [0.29, 0.717) is 24.3 Å². The second kappa shape index (κ2) is 9.08. The Morgan fingerprint density at radius 1 is 1.31 bits per heavy atom. The zero-order chi connectivity index (χ0) is 21.0. The fourth-order valence-corrected chi connectivity index (χ4v) is 4.11. The number of hydrogen-bond acceptors (Lipinski definition) is 7. The first kappa shape index (κ1) is 20.8. The van der Waals surface area contributed by atoms with Gasteiger partial charge in [0, 0.05) is 6.54 Å². The van der Waals surface area contributed by atoms with Gasteiger partial charge in [-0.05, 0) is 38.1 Å². The largest absolute Gasteiger partial charge is 0.463 e. The average molecular weight is 421 g/mol. The van der Waals surface area contributed by atoms with Crippen LogP contribution in [0.5, 0.6) is 0 Å². The number of nitrogens with zero attached hydrogens (tertiary/aromatic N) is 1. The molecular formula is C19H23N3O6S. The van der Waals surface area contributed by atoms with Gasteiger partial charge in [-0.1, -0.05) is 6.07 Å². The summed E-state index contributed by atoms with van der Waals surface area (Å²) in [7, 11) is 0. The van der Waals surface area contributed by atoms with Crippen LogP contribution in [-0.4, -0.2) is 60.6 Å². The van der Waals surface area contributed by atoms with Crippen LogP contribution in [0.15, 0.2) is 28.8 Å². The third-order valence-electron chi connectivity index (χ3n) is 4.74. The second-order valence-electron chi connectivity index (χ2n) is 6.67. The summed E-state index contributed by atoms with van der Waals surface area (Å²) in [5, 5.41) is 6.90. The Labute approximate surface area is 172 Å². The molecule has 9 nitrogen and oxygen atoms in total. The highest BCUT2D eigenvalue weighted by Gasteiger charge is 2.37. The lowest BCUT2D eigenvalue weighted by molar-refractivity contribution is -0.147. The summed E-state index contributed by atoms with van der Waals surface area (Å²) < 4.78 is 10.4. The van der Waals surface area contributed by atoms with Gasteiger partial charge >= 0.3 is 18.0 Å². The SMILES string of the molecule is CCOC(=O)C1=C(COC(=O)[C@@H]2CCCN2C(=O)c2cccs2)NC(=O)N[C@H]1C. The number of thiophene rings is 1. The van der Waals surface area contributed by atoms with Gasteiger partial charge in [0.2, 0.25) is 0 Å². The molecule has 3 heterocycles. The predicted octanol–water partition coefficient (Wildman–Crippen LogP) is 1.41. The average Bonchev–Trinajstić information content (AvgIpc) is 3.37. The van der Waals surface area contributed by atoms with Gasteiger partial charge < -0.3 is 25.0 Å². The van der Waals surface area contributed by atoms with E-state index in [9.17, 15) is 19.2 Å². The van der Waals surface area contributed by atoms with Crippen LogP contribution in [0.25, 0.3) is 0 Å². The number of carbonyl (C=O) groups excluding carboxylic acids is 4. The summed E-state index contributed by atoms with van der Waals surface area (Å²) in [6.07, 6.45) is 1.20. The summed E-state index contributed by atoms with van der Waals surface area (Å²) in [4.78, 5) is 51.4. The van der Waals surface area contributed by atoms with Crippen molar-refractivity contribution in [2.75, 3.05) is 19.8 Å². The Morgan fingerprint density at radius 3 is 2.79 bits per heavy atom. The molecule has 2 aliphatic rings. The first-order valence-corrected chi connectivity index (χ1v) is 10.3. The van der Waals surface area contributed by atoms with E-state index < -0.39 is 30.1 Å². The van der Waals surface area contributed by atoms with E-state index in [-0.39, 0.29) is 30.4 Å². The van der Waals surface area contributed by atoms with Crippen molar-refractivity contribution < 1.29 is 28.7 Å². The van der Waals surface area contributed by atoms with E-state index in [1.54, 1.807) is 31.4 Å². The van der Waals surface area contributed by atoms with Crippen LogP contribution in [0.4, 0.5) is 4.79 Å². The van der Waals surface area contributed by atoms with Gasteiger partial charge in [0.1, 0.15) is 12.6 Å². The van der Waals surface area contributed by atoms with Crippen molar-refractivity contribution in [3.05, 3.63) is 33.7 Å². The lowest BCUT2D eigenvalue weighted by Crippen LogP contribution is -2.50. The summed E-state index contributed by atoms with van der Waals surface area (Å²) in [6.45, 7) is 3.69. The molecular weight excluding hydrogens is 398 g/mol. The highest BCUT2D eigenvalue weighted by atomic mass is 32.1. The van der Waals surface area contributed by atoms with Crippen molar-refractivity contribution in [2.45, 2.75) is 38.8 Å². The van der Waals surface area contributed by atoms with Crippen molar-refractivity contribution in [2.24, 2.45) is 0 Å². The van der Waals surface area contributed by atoms with Crippen molar-refractivity contribution in [1.82, 2.24) is 15.5 Å². The predicted molar refractivity (Wildman–Crippen MR) is 104 cm³/mol. The number of esters is 2. The minimum absolute atomic E-state index is 0.179. The van der Waals surface area contributed by atoms with Crippen molar-refractivity contribution in [3.63, 3.8) is 0 Å². The molecule has 1 fully saturated rings. The molecule has 0 saturated carbocycles. The molecule has 0 bridgehead atoms. The number of likely N-dealkylation sites (tertiary alicyclic amines) is 1. The lowest BCUT2D eigenvalue weighted by atomic mass is 10.0. The van der Waals surface area contributed by atoms with E-state index in [0.717, 1.165) is 0 Å². The molecule has 0 aliphatic carbocycles. The molecule has 156 valence electrons. The Hall–Kier alpha value is -2.88. The van der Waals surface area contributed by atoms with Crippen LogP contribution in [0.2, 0.25) is 0 Å².